The summed E-state index contributed by atoms with van der Waals surface area (Å²) in [6, 6.07) is 16.0. The molecule has 4 N–H and O–H groups in total. The third-order valence-corrected chi connectivity index (χ3v) is 4.11. The highest BCUT2D eigenvalue weighted by Crippen LogP contribution is 2.29. The number of hydrogen-bond donors (Lipinski definition) is 3. The minimum Gasteiger partial charge on any atom is -0.398 e. The largest absolute Gasteiger partial charge is 0.398 e. The molecule has 0 aliphatic rings. The van der Waals surface area contributed by atoms with Crippen LogP contribution in [0.4, 0.5) is 5.69 Å². The molecule has 0 bridgehead atoms. The summed E-state index contributed by atoms with van der Waals surface area (Å²) in [5.41, 5.74) is 11.5. The fourth-order valence-corrected chi connectivity index (χ4v) is 2.94. The number of nitrogens with one attached hydrogen (secondary N) is 2. The molecule has 0 fully saturated rings. The molecule has 5 nitrogen and oxygen atoms in total. The van der Waals surface area contributed by atoms with E-state index in [1.165, 1.54) is 6.20 Å². The van der Waals surface area contributed by atoms with Crippen molar-refractivity contribution in [3.05, 3.63) is 70.6 Å². The van der Waals surface area contributed by atoms with Crippen molar-refractivity contribution in [3.63, 3.8) is 0 Å². The van der Waals surface area contributed by atoms with Gasteiger partial charge in [0.2, 0.25) is 0 Å². The van der Waals surface area contributed by atoms with Crippen LogP contribution in [0.25, 0.3) is 33.5 Å². The molecule has 4 aromatic rings. The Morgan fingerprint density at radius 3 is 2.58 bits per heavy atom. The van der Waals surface area contributed by atoms with Gasteiger partial charge in [-0.25, -0.2) is 4.98 Å². The molecule has 118 valence electrons. The molecule has 4 rings (SSSR count). The van der Waals surface area contributed by atoms with E-state index >= 15 is 0 Å². The summed E-state index contributed by atoms with van der Waals surface area (Å²) in [5.74, 6) is 0.484. The van der Waals surface area contributed by atoms with Gasteiger partial charge < -0.3 is 15.7 Å². The van der Waals surface area contributed by atoms with E-state index in [0.29, 0.717) is 17.1 Å². The molecule has 0 saturated heterocycles. The van der Waals surface area contributed by atoms with Crippen molar-refractivity contribution >= 4 is 16.7 Å². The van der Waals surface area contributed by atoms with Crippen LogP contribution >= 0.6 is 0 Å². The van der Waals surface area contributed by atoms with Gasteiger partial charge in [0.15, 0.2) is 0 Å². The van der Waals surface area contributed by atoms with Crippen LogP contribution in [0.15, 0.2) is 59.5 Å². The van der Waals surface area contributed by atoms with Crippen LogP contribution in [0.1, 0.15) is 5.56 Å². The van der Waals surface area contributed by atoms with E-state index in [-0.39, 0.29) is 5.56 Å². The molecule has 0 unspecified atom stereocenters. The third kappa shape index (κ3) is 2.27. The van der Waals surface area contributed by atoms with Gasteiger partial charge >= 0.3 is 0 Å². The summed E-state index contributed by atoms with van der Waals surface area (Å²) in [6.07, 6.45) is 1.53. The maximum absolute atomic E-state index is 12.1. The van der Waals surface area contributed by atoms with Gasteiger partial charge in [-0.05, 0) is 41.8 Å². The average Bonchev–Trinajstić information content (AvgIpc) is 3.00. The lowest BCUT2D eigenvalue weighted by molar-refractivity contribution is 1.21. The summed E-state index contributed by atoms with van der Waals surface area (Å²) in [4.78, 5) is 22.6. The van der Waals surface area contributed by atoms with Crippen molar-refractivity contribution in [1.82, 2.24) is 15.0 Å². The van der Waals surface area contributed by atoms with Crippen molar-refractivity contribution < 1.29 is 0 Å². The van der Waals surface area contributed by atoms with Crippen molar-refractivity contribution in [2.75, 3.05) is 5.73 Å². The van der Waals surface area contributed by atoms with E-state index in [1.807, 2.05) is 31.2 Å². The van der Waals surface area contributed by atoms with Crippen molar-refractivity contribution in [3.8, 4) is 22.5 Å². The number of anilines is 1. The lowest BCUT2D eigenvalue weighted by atomic mass is 10.0. The lowest BCUT2D eigenvalue weighted by Gasteiger charge is -2.03. The number of benzene rings is 2. The Balaban J connectivity index is 1.93. The molecule has 0 aliphatic carbocycles. The quantitative estimate of drug-likeness (QED) is 0.529. The predicted molar refractivity (Wildman–Crippen MR) is 96.7 cm³/mol. The number of nitrogens with zero attached hydrogens (tertiary/aromatic N) is 1. The topological polar surface area (TPSA) is 87.6 Å². The van der Waals surface area contributed by atoms with Crippen LogP contribution in [0, 0.1) is 6.92 Å². The number of aromatic amines is 2. The normalized spacial score (nSPS) is 11.0. The van der Waals surface area contributed by atoms with Gasteiger partial charge in [-0.2, -0.15) is 0 Å². The maximum atomic E-state index is 12.1. The van der Waals surface area contributed by atoms with E-state index in [1.54, 1.807) is 6.07 Å². The molecule has 0 amide bonds. The minimum absolute atomic E-state index is 0.255. The first-order chi connectivity index (χ1) is 11.6. The van der Waals surface area contributed by atoms with E-state index in [2.05, 4.69) is 33.2 Å². The minimum atomic E-state index is -0.255. The van der Waals surface area contributed by atoms with Gasteiger partial charge in [-0.15, -0.1) is 0 Å². The molecular formula is C19H16N4O. The van der Waals surface area contributed by atoms with Crippen LogP contribution in [-0.2, 0) is 0 Å². The van der Waals surface area contributed by atoms with E-state index in [0.717, 1.165) is 27.7 Å². The zero-order valence-corrected chi connectivity index (χ0v) is 13.1. The van der Waals surface area contributed by atoms with E-state index in [9.17, 15) is 4.79 Å². The highest BCUT2D eigenvalue weighted by atomic mass is 16.1. The van der Waals surface area contributed by atoms with Gasteiger partial charge in [0.1, 0.15) is 11.4 Å². The summed E-state index contributed by atoms with van der Waals surface area (Å²) in [6.45, 7) is 2.01. The number of H-pyrrole nitrogens is 2. The molecule has 0 atom stereocenters. The van der Waals surface area contributed by atoms with Gasteiger partial charge in [0.05, 0.1) is 11.0 Å². The average molecular weight is 316 g/mol. The molecule has 0 radical (unpaired) electrons. The van der Waals surface area contributed by atoms with Crippen molar-refractivity contribution in [2.45, 2.75) is 6.92 Å². The number of pyridine rings is 1. The SMILES string of the molecule is Cc1cc(-c2ccccc2)cc2[nH]c(-c3c(N)cc[nH]c3=O)nc12. The van der Waals surface area contributed by atoms with Gasteiger partial charge in [-0.1, -0.05) is 30.3 Å². The molecule has 2 aromatic heterocycles. The highest BCUT2D eigenvalue weighted by molar-refractivity contribution is 5.88. The molecule has 0 saturated carbocycles. The number of hydrogen-bond acceptors (Lipinski definition) is 3. The molecule has 0 aliphatic heterocycles. The molecule has 24 heavy (non-hydrogen) atoms. The first-order valence-electron chi connectivity index (χ1n) is 7.67. The van der Waals surface area contributed by atoms with Gasteiger partial charge in [0, 0.05) is 11.9 Å². The summed E-state index contributed by atoms with van der Waals surface area (Å²) >= 11 is 0. The zero-order chi connectivity index (χ0) is 16.7. The fourth-order valence-electron chi connectivity index (χ4n) is 2.94. The molecule has 2 heterocycles. The van der Waals surface area contributed by atoms with Gasteiger partial charge in [0.25, 0.3) is 5.56 Å². The number of aryl methyl sites for hydroxylation is 1. The lowest BCUT2D eigenvalue weighted by Crippen LogP contribution is -2.11. The second kappa shape index (κ2) is 5.38. The fraction of sp³-hybridized carbons (Fsp3) is 0.0526. The van der Waals surface area contributed by atoms with E-state index < -0.39 is 0 Å². The predicted octanol–water partition coefficient (Wildman–Crippen LogP) is 3.48. The monoisotopic (exact) mass is 316 g/mol. The molecule has 0 spiro atoms. The van der Waals surface area contributed by atoms with Crippen LogP contribution in [-0.4, -0.2) is 15.0 Å². The number of rotatable bonds is 2. The van der Waals surface area contributed by atoms with Crippen LogP contribution in [0.3, 0.4) is 0 Å². The van der Waals surface area contributed by atoms with Crippen molar-refractivity contribution in [1.29, 1.82) is 0 Å². The number of nitrogen functional groups attached to an aromatic ring is 1. The Kier molecular flexibility index (Phi) is 3.20. The molecule has 5 heteroatoms. The maximum Gasteiger partial charge on any atom is 0.261 e. The first-order valence-corrected chi connectivity index (χ1v) is 7.67. The summed E-state index contributed by atoms with van der Waals surface area (Å²) in [7, 11) is 0. The number of fused-ring (bicyclic) bond motifs is 1. The van der Waals surface area contributed by atoms with Crippen LogP contribution < -0.4 is 11.3 Å². The first kappa shape index (κ1) is 14.3. The third-order valence-electron chi connectivity index (χ3n) is 4.11. The van der Waals surface area contributed by atoms with Crippen LogP contribution in [0.2, 0.25) is 0 Å². The number of nitrogens with two attached hydrogens (primary N) is 1. The Hall–Kier alpha value is -3.34. The Labute approximate surface area is 138 Å². The Morgan fingerprint density at radius 2 is 1.83 bits per heavy atom. The Morgan fingerprint density at radius 1 is 1.04 bits per heavy atom. The number of aromatic nitrogens is 3. The zero-order valence-electron chi connectivity index (χ0n) is 13.1. The number of imidazole rings is 1. The van der Waals surface area contributed by atoms with Gasteiger partial charge in [-0.3, -0.25) is 4.79 Å². The van der Waals surface area contributed by atoms with Crippen LogP contribution in [0.5, 0.6) is 0 Å². The molecular weight excluding hydrogens is 300 g/mol. The summed E-state index contributed by atoms with van der Waals surface area (Å²) in [5, 5.41) is 0. The molecule has 2 aromatic carbocycles. The summed E-state index contributed by atoms with van der Waals surface area (Å²) < 4.78 is 0. The highest BCUT2D eigenvalue weighted by Gasteiger charge is 2.14. The van der Waals surface area contributed by atoms with Crippen molar-refractivity contribution in [2.24, 2.45) is 0 Å². The smallest absolute Gasteiger partial charge is 0.261 e. The van der Waals surface area contributed by atoms with E-state index in [4.69, 9.17) is 5.73 Å². The standard InChI is InChI=1S/C19H16N4O/c1-11-9-13(12-5-3-2-4-6-12)10-15-17(11)23-18(22-15)16-14(20)7-8-21-19(16)24/h2-10H,1H3,(H,22,23)(H3,20,21,24). The second-order valence-corrected chi connectivity index (χ2v) is 5.78. The Bertz CT molecular complexity index is 1090. The second-order valence-electron chi connectivity index (χ2n) is 5.78.